The summed E-state index contributed by atoms with van der Waals surface area (Å²) in [4.78, 5) is 0. The van der Waals surface area contributed by atoms with Gasteiger partial charge in [0.05, 0.1) is 0 Å². The molecule has 0 N–H and O–H groups in total. The zero-order valence-corrected chi connectivity index (χ0v) is 8.94. The van der Waals surface area contributed by atoms with Gasteiger partial charge >= 0.3 is 29.6 Å². The van der Waals surface area contributed by atoms with Gasteiger partial charge in [-0.2, -0.15) is 0 Å². The van der Waals surface area contributed by atoms with E-state index in [0.717, 1.165) is 0 Å². The summed E-state index contributed by atoms with van der Waals surface area (Å²) in [6.07, 6.45) is 7.75. The van der Waals surface area contributed by atoms with Crippen LogP contribution in [0.15, 0.2) is 23.4 Å². The van der Waals surface area contributed by atoms with Crippen LogP contribution in [0.1, 0.15) is 7.85 Å². The largest absolute Gasteiger partial charge is 1.00 e. The zero-order chi connectivity index (χ0) is 4.41. The Kier molecular flexibility index (Phi) is 4.03. The molecule has 0 amide bonds. The van der Waals surface area contributed by atoms with Gasteiger partial charge in [0.15, 0.2) is 0 Å². The molecule has 0 atom stereocenters. The molecule has 7 heavy (non-hydrogen) atoms. The van der Waals surface area contributed by atoms with E-state index in [1.807, 2.05) is 0 Å². The van der Waals surface area contributed by atoms with Gasteiger partial charge in [-0.25, -0.2) is 0 Å². The van der Waals surface area contributed by atoms with Gasteiger partial charge in [-0.15, -0.1) is 0 Å². The molecule has 0 saturated carbocycles. The third-order valence-electron chi connectivity index (χ3n) is 0.957. The summed E-state index contributed by atoms with van der Waals surface area (Å²) >= 11 is 0. The molecular formula is C5H9NaSi. The van der Waals surface area contributed by atoms with E-state index in [1.165, 1.54) is 16.7 Å². The van der Waals surface area contributed by atoms with Crippen molar-refractivity contribution >= 4 is 10.2 Å². The van der Waals surface area contributed by atoms with E-state index in [1.54, 1.807) is 5.20 Å². The first-order valence-corrected chi connectivity index (χ1v) is 3.22. The van der Waals surface area contributed by atoms with E-state index in [4.69, 9.17) is 0 Å². The van der Waals surface area contributed by atoms with E-state index in [2.05, 4.69) is 18.2 Å². The molecule has 34 valence electrons. The fraction of sp³-hybridized carbons (Fsp3) is 0.200. The predicted octanol–water partition coefficient (Wildman–Crippen LogP) is -2.69. The van der Waals surface area contributed by atoms with Gasteiger partial charge in [-0.3, -0.25) is 0 Å². The molecule has 0 unspecified atom stereocenters. The SMILES string of the molecule is [H-].[Na+].[SiH3]C1=CC=CC1. The Morgan fingerprint density at radius 3 is 2.57 bits per heavy atom. The predicted molar refractivity (Wildman–Crippen MR) is 32.9 cm³/mol. The first kappa shape index (κ1) is 7.70. The average molecular weight is 120 g/mol. The molecule has 0 heterocycles. The minimum Gasteiger partial charge on any atom is -1.00 e. The maximum absolute atomic E-state index is 2.20. The van der Waals surface area contributed by atoms with Crippen molar-refractivity contribution in [1.29, 1.82) is 0 Å². The van der Waals surface area contributed by atoms with Crippen LogP contribution < -0.4 is 29.6 Å². The van der Waals surface area contributed by atoms with Crippen molar-refractivity contribution in [2.75, 3.05) is 0 Å². The molecule has 0 fully saturated rings. The topological polar surface area (TPSA) is 0 Å². The Hall–Kier alpha value is 0.697. The van der Waals surface area contributed by atoms with E-state index in [0.29, 0.717) is 0 Å². The summed E-state index contributed by atoms with van der Waals surface area (Å²) in [6, 6.07) is 0. The maximum Gasteiger partial charge on any atom is 1.00 e. The second kappa shape index (κ2) is 3.67. The second-order valence-corrected chi connectivity index (χ2v) is 2.93. The van der Waals surface area contributed by atoms with Crippen molar-refractivity contribution in [1.82, 2.24) is 0 Å². The summed E-state index contributed by atoms with van der Waals surface area (Å²) in [6.45, 7) is 0. The monoisotopic (exact) mass is 120 g/mol. The minimum atomic E-state index is 0. The van der Waals surface area contributed by atoms with Crippen LogP contribution in [0.5, 0.6) is 0 Å². The first-order valence-electron chi connectivity index (χ1n) is 2.22. The summed E-state index contributed by atoms with van der Waals surface area (Å²) in [7, 11) is 1.25. The Morgan fingerprint density at radius 1 is 1.71 bits per heavy atom. The smallest absolute Gasteiger partial charge is 1.00 e. The van der Waals surface area contributed by atoms with Gasteiger partial charge < -0.3 is 1.43 Å². The molecule has 0 saturated heterocycles. The van der Waals surface area contributed by atoms with Crippen LogP contribution in [0.2, 0.25) is 0 Å². The van der Waals surface area contributed by atoms with E-state index in [9.17, 15) is 0 Å². The van der Waals surface area contributed by atoms with Crippen LogP contribution >= 0.6 is 0 Å². The molecule has 2 heteroatoms. The molecule has 0 aromatic heterocycles. The molecule has 0 bridgehead atoms. The zero-order valence-electron chi connectivity index (χ0n) is 5.94. The summed E-state index contributed by atoms with van der Waals surface area (Å²) in [5, 5.41) is 1.61. The second-order valence-electron chi connectivity index (χ2n) is 1.65. The van der Waals surface area contributed by atoms with E-state index < -0.39 is 0 Å². The minimum absolute atomic E-state index is 0. The van der Waals surface area contributed by atoms with Gasteiger partial charge in [-0.05, 0) is 6.42 Å². The Balaban J connectivity index is 0. The van der Waals surface area contributed by atoms with Crippen LogP contribution in [-0.4, -0.2) is 10.2 Å². The van der Waals surface area contributed by atoms with Gasteiger partial charge in [0.25, 0.3) is 0 Å². The van der Waals surface area contributed by atoms with Crippen LogP contribution in [0.25, 0.3) is 0 Å². The molecule has 0 spiro atoms. The fourth-order valence-corrected chi connectivity index (χ4v) is 0.982. The molecule has 0 aromatic rings. The molecule has 0 radical (unpaired) electrons. The van der Waals surface area contributed by atoms with Gasteiger partial charge in [0, 0.05) is 10.2 Å². The quantitative estimate of drug-likeness (QED) is 0.305. The summed E-state index contributed by atoms with van der Waals surface area (Å²) in [5.74, 6) is 0. The average Bonchev–Trinajstić information content (AvgIpc) is 1.86. The van der Waals surface area contributed by atoms with Crippen LogP contribution in [0.3, 0.4) is 0 Å². The maximum atomic E-state index is 2.20. The molecular weight excluding hydrogens is 111 g/mol. The number of rotatable bonds is 0. The van der Waals surface area contributed by atoms with Crippen molar-refractivity contribution in [2.24, 2.45) is 0 Å². The Labute approximate surface area is 70.9 Å². The molecule has 0 aromatic carbocycles. The molecule has 0 aliphatic heterocycles. The van der Waals surface area contributed by atoms with Crippen molar-refractivity contribution in [2.45, 2.75) is 6.42 Å². The van der Waals surface area contributed by atoms with Crippen molar-refractivity contribution < 1.29 is 31.0 Å². The third-order valence-corrected chi connectivity index (χ3v) is 1.70. The molecule has 0 nitrogen and oxygen atoms in total. The van der Waals surface area contributed by atoms with Gasteiger partial charge in [0.1, 0.15) is 0 Å². The first-order chi connectivity index (χ1) is 2.89. The normalized spacial score (nSPS) is 16.3. The third kappa shape index (κ3) is 2.49. The molecule has 1 aliphatic rings. The standard InChI is InChI=1S/C5H8Si.Na.H/c6-5-3-1-2-4-5;;/h1-3H,4H2,6H3;;/q;+1;-1. The van der Waals surface area contributed by atoms with Crippen molar-refractivity contribution in [3.05, 3.63) is 23.4 Å². The van der Waals surface area contributed by atoms with E-state index >= 15 is 0 Å². The van der Waals surface area contributed by atoms with Gasteiger partial charge in [-0.1, -0.05) is 23.4 Å². The molecule has 1 aliphatic carbocycles. The Bertz CT molecular complexity index is 109. The molecule has 1 rings (SSSR count). The van der Waals surface area contributed by atoms with Crippen LogP contribution in [0.4, 0.5) is 0 Å². The summed E-state index contributed by atoms with van der Waals surface area (Å²) < 4.78 is 0. The van der Waals surface area contributed by atoms with Crippen molar-refractivity contribution in [3.8, 4) is 0 Å². The number of hydrogen-bond donors (Lipinski definition) is 0. The van der Waals surface area contributed by atoms with Crippen molar-refractivity contribution in [3.63, 3.8) is 0 Å². The summed E-state index contributed by atoms with van der Waals surface area (Å²) in [5.41, 5.74) is 0. The number of hydrogen-bond acceptors (Lipinski definition) is 0. The van der Waals surface area contributed by atoms with Crippen LogP contribution in [0, 0.1) is 0 Å². The van der Waals surface area contributed by atoms with E-state index in [-0.39, 0.29) is 31.0 Å². The Morgan fingerprint density at radius 2 is 2.43 bits per heavy atom. The van der Waals surface area contributed by atoms with Crippen LogP contribution in [-0.2, 0) is 0 Å². The fourth-order valence-electron chi connectivity index (χ4n) is 0.554. The van der Waals surface area contributed by atoms with Gasteiger partial charge in [0.2, 0.25) is 0 Å². The number of allylic oxidation sites excluding steroid dienone is 4.